The smallest absolute Gasteiger partial charge is 0.408 e. The van der Waals surface area contributed by atoms with E-state index in [2.05, 4.69) is 0 Å². The molecule has 0 aliphatic rings. The molecule has 0 aliphatic heterocycles. The maximum Gasteiger partial charge on any atom is 0.408 e. The fourth-order valence-corrected chi connectivity index (χ4v) is 4.67. The molecule has 0 aliphatic carbocycles. The van der Waals surface area contributed by atoms with Crippen molar-refractivity contribution in [1.29, 1.82) is 0 Å². The van der Waals surface area contributed by atoms with Crippen molar-refractivity contribution >= 4 is 21.6 Å². The molecule has 0 aromatic heterocycles. The topological polar surface area (TPSA) is 55.4 Å². The van der Waals surface area contributed by atoms with Crippen LogP contribution >= 0.6 is 11.6 Å². The first kappa shape index (κ1) is 23.4. The van der Waals surface area contributed by atoms with Crippen molar-refractivity contribution in [3.05, 3.63) is 57.6 Å². The Hall–Kier alpha value is -1.91. The number of benzene rings is 2. The Morgan fingerprint density at radius 2 is 1.62 bits per heavy atom. The van der Waals surface area contributed by atoms with E-state index in [1.807, 2.05) is 0 Å². The normalized spacial score (nSPS) is 13.4. The molecule has 0 heterocycles. The minimum atomic E-state index is -5.04. The van der Waals surface area contributed by atoms with E-state index < -0.39 is 51.3 Å². The molecule has 4 nitrogen and oxygen atoms in total. The van der Waals surface area contributed by atoms with E-state index in [1.54, 1.807) is 11.6 Å². The maximum absolute atomic E-state index is 13.4. The average Bonchev–Trinajstić information content (AvgIpc) is 2.53. The van der Waals surface area contributed by atoms with Gasteiger partial charge in [0.2, 0.25) is 10.0 Å². The monoisotopic (exact) mass is 457 g/mol. The lowest BCUT2D eigenvalue weighted by Crippen LogP contribution is -2.49. The van der Waals surface area contributed by atoms with Crippen LogP contribution in [0.15, 0.2) is 29.2 Å². The lowest BCUT2D eigenvalue weighted by Gasteiger charge is -2.23. The summed E-state index contributed by atoms with van der Waals surface area (Å²) in [7, 11) is -4.58. The van der Waals surface area contributed by atoms with Gasteiger partial charge in [-0.1, -0.05) is 29.3 Å². The van der Waals surface area contributed by atoms with Gasteiger partial charge in [0.15, 0.2) is 6.04 Å². The van der Waals surface area contributed by atoms with Gasteiger partial charge in [-0.3, -0.25) is 0 Å². The third-order valence-corrected chi connectivity index (χ3v) is 6.07. The van der Waals surface area contributed by atoms with Crippen molar-refractivity contribution in [1.82, 2.24) is 4.72 Å². The van der Waals surface area contributed by atoms with Crippen LogP contribution in [0.3, 0.4) is 0 Å². The van der Waals surface area contributed by atoms with Crippen molar-refractivity contribution < 1.29 is 35.1 Å². The molecule has 0 radical (unpaired) electrons. The number of halogens is 6. The van der Waals surface area contributed by atoms with Gasteiger partial charge in [-0.15, -0.1) is 0 Å². The number of nitrogens with one attached hydrogen (secondary N) is 1. The van der Waals surface area contributed by atoms with Crippen LogP contribution in [0, 0.1) is 32.4 Å². The molecule has 1 atom stereocenters. The Morgan fingerprint density at radius 1 is 1.07 bits per heavy atom. The zero-order valence-electron chi connectivity index (χ0n) is 15.5. The molecule has 2 rings (SSSR count). The molecule has 1 N–H and O–H groups in total. The highest BCUT2D eigenvalue weighted by Gasteiger charge is 2.43. The van der Waals surface area contributed by atoms with Gasteiger partial charge in [0.25, 0.3) is 0 Å². The molecule has 0 fully saturated rings. The third-order valence-electron chi connectivity index (χ3n) is 3.93. The molecule has 29 heavy (non-hydrogen) atoms. The summed E-state index contributed by atoms with van der Waals surface area (Å²) in [5, 5.41) is -0.722. The Balaban J connectivity index is 2.33. The first-order valence-electron chi connectivity index (χ1n) is 8.16. The Morgan fingerprint density at radius 3 is 2.14 bits per heavy atom. The van der Waals surface area contributed by atoms with Crippen LogP contribution in [0.25, 0.3) is 0 Å². The van der Waals surface area contributed by atoms with Crippen molar-refractivity contribution in [2.45, 2.75) is 37.9 Å². The molecule has 11 heteroatoms. The number of aryl methyl sites for hydroxylation is 3. The maximum atomic E-state index is 13.4. The highest BCUT2D eigenvalue weighted by atomic mass is 35.5. The number of ether oxygens (including phenoxy) is 1. The molecule has 0 amide bonds. The second kappa shape index (κ2) is 8.45. The van der Waals surface area contributed by atoms with E-state index in [1.165, 1.54) is 26.0 Å². The van der Waals surface area contributed by atoms with E-state index in [9.17, 15) is 30.4 Å². The molecule has 0 bridgehead atoms. The van der Waals surface area contributed by atoms with Crippen LogP contribution in [0.5, 0.6) is 5.75 Å². The van der Waals surface area contributed by atoms with Crippen molar-refractivity contribution in [3.8, 4) is 5.75 Å². The summed E-state index contributed by atoms with van der Waals surface area (Å²) in [4.78, 5) is -0.285. The summed E-state index contributed by atoms with van der Waals surface area (Å²) in [5.74, 6) is -3.02. The fraction of sp³-hybridized carbons (Fsp3) is 0.333. The van der Waals surface area contributed by atoms with Crippen molar-refractivity contribution in [2.75, 3.05) is 6.61 Å². The molecule has 0 saturated heterocycles. The summed E-state index contributed by atoms with van der Waals surface area (Å²) < 4.78 is 98.5. The van der Waals surface area contributed by atoms with E-state index in [0.29, 0.717) is 12.1 Å². The van der Waals surface area contributed by atoms with E-state index in [4.69, 9.17) is 16.3 Å². The van der Waals surface area contributed by atoms with Crippen molar-refractivity contribution in [3.63, 3.8) is 0 Å². The summed E-state index contributed by atoms with van der Waals surface area (Å²) in [6.07, 6.45) is -5.04. The molecule has 0 spiro atoms. The number of hydrogen-bond acceptors (Lipinski definition) is 3. The fourth-order valence-electron chi connectivity index (χ4n) is 2.84. The number of hydrogen-bond donors (Lipinski definition) is 1. The minimum absolute atomic E-state index is 0.270. The SMILES string of the molecule is Cc1cc(C)c(S(=O)(=O)NC(COc2cc(F)cc(F)c2Cl)C(F)(F)F)c(C)c1. The Labute approximate surface area is 169 Å². The van der Waals surface area contributed by atoms with E-state index in [-0.39, 0.29) is 16.0 Å². The standard InChI is InChI=1S/C18H17ClF5NO3S/c1-9-4-10(2)17(11(3)5-9)29(26,27)25-15(18(22,23)24)8-28-14-7-12(20)6-13(21)16(14)19/h4-7,15,25H,8H2,1-3H3. The zero-order chi connectivity index (χ0) is 22.1. The molecule has 1 unspecified atom stereocenters. The van der Waals surface area contributed by atoms with Gasteiger partial charge in [-0.05, 0) is 31.9 Å². The van der Waals surface area contributed by atoms with Gasteiger partial charge < -0.3 is 4.74 Å². The van der Waals surface area contributed by atoms with E-state index in [0.717, 1.165) is 5.56 Å². The summed E-state index contributed by atoms with van der Waals surface area (Å²) in [5.41, 5.74) is 1.29. The van der Waals surface area contributed by atoms with Gasteiger partial charge >= 0.3 is 6.18 Å². The first-order chi connectivity index (χ1) is 13.2. The van der Waals surface area contributed by atoms with Gasteiger partial charge in [0.1, 0.15) is 29.0 Å². The zero-order valence-corrected chi connectivity index (χ0v) is 17.1. The molecule has 2 aromatic rings. The molecule has 160 valence electrons. The van der Waals surface area contributed by atoms with Gasteiger partial charge in [0.05, 0.1) is 4.90 Å². The van der Waals surface area contributed by atoms with Crippen LogP contribution in [-0.4, -0.2) is 27.2 Å². The molecule has 0 saturated carbocycles. The number of alkyl halides is 3. The Bertz CT molecular complexity index is 1000. The predicted molar refractivity (Wildman–Crippen MR) is 97.7 cm³/mol. The third kappa shape index (κ3) is 5.58. The molecular weight excluding hydrogens is 441 g/mol. The van der Waals surface area contributed by atoms with Crippen LogP contribution in [0.1, 0.15) is 16.7 Å². The largest absolute Gasteiger partial charge is 0.490 e. The van der Waals surface area contributed by atoms with Crippen molar-refractivity contribution in [2.24, 2.45) is 0 Å². The molecule has 2 aromatic carbocycles. The summed E-state index contributed by atoms with van der Waals surface area (Å²) >= 11 is 5.56. The highest BCUT2D eigenvalue weighted by Crippen LogP contribution is 2.30. The van der Waals surface area contributed by atoms with E-state index >= 15 is 0 Å². The first-order valence-corrected chi connectivity index (χ1v) is 10.0. The minimum Gasteiger partial charge on any atom is -0.490 e. The predicted octanol–water partition coefficient (Wildman–Crippen LogP) is 4.83. The van der Waals surface area contributed by atoms with Gasteiger partial charge in [-0.25, -0.2) is 17.2 Å². The van der Waals surface area contributed by atoms with Crippen LogP contribution in [0.4, 0.5) is 22.0 Å². The highest BCUT2D eigenvalue weighted by molar-refractivity contribution is 7.89. The van der Waals surface area contributed by atoms with Crippen LogP contribution in [-0.2, 0) is 10.0 Å². The Kier molecular flexibility index (Phi) is 6.81. The average molecular weight is 458 g/mol. The second-order valence-electron chi connectivity index (χ2n) is 6.45. The quantitative estimate of drug-likeness (QED) is 0.499. The second-order valence-corrected chi connectivity index (χ2v) is 8.48. The lowest BCUT2D eigenvalue weighted by molar-refractivity contribution is -0.157. The summed E-state index contributed by atoms with van der Waals surface area (Å²) in [6, 6.07) is 1.39. The lowest BCUT2D eigenvalue weighted by atomic mass is 10.1. The number of sulfonamides is 1. The van der Waals surface area contributed by atoms with Crippen LogP contribution < -0.4 is 9.46 Å². The van der Waals surface area contributed by atoms with Gasteiger partial charge in [-0.2, -0.15) is 17.9 Å². The summed E-state index contributed by atoms with van der Waals surface area (Å²) in [6.45, 7) is 3.36. The molecular formula is C18H17ClF5NO3S. The number of rotatable bonds is 6. The van der Waals surface area contributed by atoms with Gasteiger partial charge in [0, 0.05) is 12.1 Å². The van der Waals surface area contributed by atoms with Crippen LogP contribution in [0.2, 0.25) is 5.02 Å².